The Morgan fingerprint density at radius 3 is 2.76 bits per heavy atom. The SMILES string of the molecule is O=C1N(CC2CC2)CCCC1(O)CNCc1cccc(C(F)(F)F)c1. The first kappa shape index (κ1) is 18.2. The molecule has 1 amide bonds. The number of carbonyl (C=O) groups excluding carboxylic acids is 1. The van der Waals surface area contributed by atoms with Crippen molar-refractivity contribution in [3.8, 4) is 0 Å². The molecule has 0 bridgehead atoms. The maximum atomic E-state index is 12.7. The molecular weight excluding hydrogens is 333 g/mol. The van der Waals surface area contributed by atoms with Crippen molar-refractivity contribution in [3.05, 3.63) is 35.4 Å². The second kappa shape index (κ2) is 6.96. The fraction of sp³-hybridized carbons (Fsp3) is 0.611. The number of amides is 1. The number of piperidine rings is 1. The third-order valence-electron chi connectivity index (χ3n) is 4.88. The summed E-state index contributed by atoms with van der Waals surface area (Å²) in [6.45, 7) is 1.59. The molecule has 1 aromatic rings. The summed E-state index contributed by atoms with van der Waals surface area (Å²) in [5.41, 5.74) is -1.69. The van der Waals surface area contributed by atoms with Crippen molar-refractivity contribution in [2.24, 2.45) is 5.92 Å². The van der Waals surface area contributed by atoms with E-state index in [1.54, 1.807) is 11.0 Å². The Kier molecular flexibility index (Phi) is 5.06. The highest BCUT2D eigenvalue weighted by molar-refractivity contribution is 5.86. The Labute approximate surface area is 145 Å². The van der Waals surface area contributed by atoms with Gasteiger partial charge in [0.25, 0.3) is 5.91 Å². The molecule has 1 aliphatic heterocycles. The number of hydrogen-bond donors (Lipinski definition) is 2. The third kappa shape index (κ3) is 4.52. The van der Waals surface area contributed by atoms with Gasteiger partial charge in [0.2, 0.25) is 0 Å². The van der Waals surface area contributed by atoms with E-state index in [2.05, 4.69) is 5.32 Å². The third-order valence-corrected chi connectivity index (χ3v) is 4.88. The summed E-state index contributed by atoms with van der Waals surface area (Å²) in [7, 11) is 0. The lowest BCUT2D eigenvalue weighted by Crippen LogP contribution is -2.58. The van der Waals surface area contributed by atoms with Crippen LogP contribution >= 0.6 is 0 Å². The second-order valence-electron chi connectivity index (χ2n) is 7.13. The van der Waals surface area contributed by atoms with E-state index in [4.69, 9.17) is 0 Å². The van der Waals surface area contributed by atoms with Gasteiger partial charge in [-0.3, -0.25) is 4.79 Å². The normalized spacial score (nSPS) is 24.6. The van der Waals surface area contributed by atoms with E-state index < -0.39 is 17.3 Å². The zero-order valence-corrected chi connectivity index (χ0v) is 14.0. The van der Waals surface area contributed by atoms with E-state index in [-0.39, 0.29) is 19.0 Å². The number of alkyl halides is 3. The lowest BCUT2D eigenvalue weighted by molar-refractivity contribution is -0.156. The molecule has 0 radical (unpaired) electrons. The summed E-state index contributed by atoms with van der Waals surface area (Å²) < 4.78 is 38.2. The van der Waals surface area contributed by atoms with Gasteiger partial charge in [0.1, 0.15) is 0 Å². The fourth-order valence-electron chi connectivity index (χ4n) is 3.29. The minimum absolute atomic E-state index is 0.0449. The molecule has 138 valence electrons. The number of hydrogen-bond acceptors (Lipinski definition) is 3. The Balaban J connectivity index is 1.56. The number of aliphatic hydroxyl groups is 1. The summed E-state index contributed by atoms with van der Waals surface area (Å²) in [5, 5.41) is 13.6. The van der Waals surface area contributed by atoms with Gasteiger partial charge in [-0.1, -0.05) is 18.2 Å². The van der Waals surface area contributed by atoms with Crippen LogP contribution < -0.4 is 5.32 Å². The van der Waals surface area contributed by atoms with Crippen LogP contribution in [0.25, 0.3) is 0 Å². The van der Waals surface area contributed by atoms with Crippen molar-refractivity contribution in [3.63, 3.8) is 0 Å². The number of likely N-dealkylation sites (tertiary alicyclic amines) is 1. The molecule has 1 saturated heterocycles. The first-order valence-electron chi connectivity index (χ1n) is 8.66. The van der Waals surface area contributed by atoms with Crippen LogP contribution in [-0.4, -0.2) is 41.1 Å². The number of nitrogens with zero attached hydrogens (tertiary/aromatic N) is 1. The maximum Gasteiger partial charge on any atom is 0.416 e. The Hall–Kier alpha value is -1.60. The van der Waals surface area contributed by atoms with E-state index in [9.17, 15) is 23.1 Å². The highest BCUT2D eigenvalue weighted by Gasteiger charge is 2.43. The monoisotopic (exact) mass is 356 g/mol. The van der Waals surface area contributed by atoms with Crippen molar-refractivity contribution in [2.75, 3.05) is 19.6 Å². The molecule has 1 unspecified atom stereocenters. The molecule has 0 aromatic heterocycles. The smallest absolute Gasteiger partial charge is 0.379 e. The zero-order valence-electron chi connectivity index (χ0n) is 14.0. The number of carbonyl (C=O) groups is 1. The summed E-state index contributed by atoms with van der Waals surface area (Å²) in [6.07, 6.45) is -0.994. The molecule has 2 N–H and O–H groups in total. The van der Waals surface area contributed by atoms with E-state index in [1.807, 2.05) is 0 Å². The Bertz CT molecular complexity index is 631. The Morgan fingerprint density at radius 2 is 2.08 bits per heavy atom. The number of benzene rings is 1. The molecule has 4 nitrogen and oxygen atoms in total. The molecule has 1 saturated carbocycles. The van der Waals surface area contributed by atoms with E-state index in [0.29, 0.717) is 31.0 Å². The van der Waals surface area contributed by atoms with Gasteiger partial charge < -0.3 is 15.3 Å². The van der Waals surface area contributed by atoms with Crippen LogP contribution in [0.3, 0.4) is 0 Å². The second-order valence-corrected chi connectivity index (χ2v) is 7.13. The van der Waals surface area contributed by atoms with Crippen molar-refractivity contribution >= 4 is 5.91 Å². The molecule has 1 aliphatic carbocycles. The predicted octanol–water partition coefficient (Wildman–Crippen LogP) is 2.56. The average Bonchev–Trinajstić information content (AvgIpc) is 3.36. The van der Waals surface area contributed by atoms with Crippen molar-refractivity contribution < 1.29 is 23.1 Å². The summed E-state index contributed by atoms with van der Waals surface area (Å²) in [6, 6.07) is 5.06. The molecule has 1 aromatic carbocycles. The topological polar surface area (TPSA) is 52.6 Å². The molecule has 7 heteroatoms. The van der Waals surface area contributed by atoms with Gasteiger partial charge in [-0.25, -0.2) is 0 Å². The average molecular weight is 356 g/mol. The molecule has 2 aliphatic rings. The summed E-state index contributed by atoms with van der Waals surface area (Å²) in [5.74, 6) is 0.298. The van der Waals surface area contributed by atoms with Crippen molar-refractivity contribution in [1.82, 2.24) is 10.2 Å². The van der Waals surface area contributed by atoms with Crippen molar-refractivity contribution in [2.45, 2.75) is 44.0 Å². The molecule has 0 spiro atoms. The lowest BCUT2D eigenvalue weighted by atomic mass is 9.91. The molecular formula is C18H23F3N2O2. The zero-order chi connectivity index (χ0) is 18.1. The van der Waals surface area contributed by atoms with Gasteiger partial charge in [-0.05, 0) is 43.2 Å². The predicted molar refractivity (Wildman–Crippen MR) is 86.6 cm³/mol. The van der Waals surface area contributed by atoms with Gasteiger partial charge in [-0.15, -0.1) is 0 Å². The van der Waals surface area contributed by atoms with Gasteiger partial charge in [-0.2, -0.15) is 13.2 Å². The Morgan fingerprint density at radius 1 is 1.32 bits per heavy atom. The van der Waals surface area contributed by atoms with Crippen LogP contribution in [0.1, 0.15) is 36.8 Å². The molecule has 3 rings (SSSR count). The minimum atomic E-state index is -4.38. The quantitative estimate of drug-likeness (QED) is 0.824. The maximum absolute atomic E-state index is 12.7. The number of rotatable bonds is 6. The van der Waals surface area contributed by atoms with E-state index >= 15 is 0 Å². The van der Waals surface area contributed by atoms with Crippen molar-refractivity contribution in [1.29, 1.82) is 0 Å². The summed E-state index contributed by atoms with van der Waals surface area (Å²) >= 11 is 0. The standard InChI is InChI=1S/C18H23F3N2O2/c19-18(20,21)15-4-1-3-14(9-15)10-22-12-17(25)7-2-8-23(16(17)24)11-13-5-6-13/h1,3-4,9,13,22,25H,2,5-8,10-12H2. The van der Waals surface area contributed by atoms with E-state index in [1.165, 1.54) is 6.07 Å². The molecule has 25 heavy (non-hydrogen) atoms. The van der Waals surface area contributed by atoms with Crippen LogP contribution in [0.4, 0.5) is 13.2 Å². The summed E-state index contributed by atoms with van der Waals surface area (Å²) in [4.78, 5) is 14.3. The van der Waals surface area contributed by atoms with Gasteiger partial charge in [0.15, 0.2) is 5.60 Å². The minimum Gasteiger partial charge on any atom is -0.379 e. The first-order valence-corrected chi connectivity index (χ1v) is 8.66. The van der Waals surface area contributed by atoms with Gasteiger partial charge in [0.05, 0.1) is 5.56 Å². The molecule has 1 heterocycles. The van der Waals surface area contributed by atoms with Crippen LogP contribution in [0.2, 0.25) is 0 Å². The van der Waals surface area contributed by atoms with Crippen LogP contribution in [-0.2, 0) is 17.5 Å². The van der Waals surface area contributed by atoms with Crippen LogP contribution in [0.15, 0.2) is 24.3 Å². The van der Waals surface area contributed by atoms with Crippen LogP contribution in [0, 0.1) is 5.92 Å². The highest BCUT2D eigenvalue weighted by Crippen LogP contribution is 2.32. The van der Waals surface area contributed by atoms with Gasteiger partial charge >= 0.3 is 6.18 Å². The molecule has 2 fully saturated rings. The first-order chi connectivity index (χ1) is 11.8. The molecule has 1 atom stereocenters. The fourth-order valence-corrected chi connectivity index (χ4v) is 3.29. The van der Waals surface area contributed by atoms with E-state index in [0.717, 1.165) is 31.4 Å². The number of nitrogens with one attached hydrogen (secondary N) is 1. The highest BCUT2D eigenvalue weighted by atomic mass is 19.4. The lowest BCUT2D eigenvalue weighted by Gasteiger charge is -2.38. The van der Waals surface area contributed by atoms with Crippen LogP contribution in [0.5, 0.6) is 0 Å². The number of halogens is 3. The van der Waals surface area contributed by atoms with Gasteiger partial charge in [0, 0.05) is 26.2 Å². The largest absolute Gasteiger partial charge is 0.416 e.